The van der Waals surface area contributed by atoms with Crippen LogP contribution in [0.5, 0.6) is 0 Å². The molecule has 0 aliphatic carbocycles. The Morgan fingerprint density at radius 1 is 1.29 bits per heavy atom. The van der Waals surface area contributed by atoms with Crippen LogP contribution in [0.25, 0.3) is 11.0 Å². The third-order valence-electron chi connectivity index (χ3n) is 4.87. The fraction of sp³-hybridized carbons (Fsp3) is 0.471. The number of fused-ring (bicyclic) bond motifs is 4. The molecular formula is C17H20N2O2. The van der Waals surface area contributed by atoms with Gasteiger partial charge in [-0.1, -0.05) is 11.6 Å². The second-order valence-electron chi connectivity index (χ2n) is 6.37. The molecule has 3 fully saturated rings. The monoisotopic (exact) mass is 284 g/mol. The molecule has 4 heterocycles. The number of carbonyl (C=O) groups is 1. The number of hydrogen-bond acceptors (Lipinski definition) is 3. The summed E-state index contributed by atoms with van der Waals surface area (Å²) in [6.07, 6.45) is 2.40. The summed E-state index contributed by atoms with van der Waals surface area (Å²) < 4.78 is 5.68. The molecule has 21 heavy (non-hydrogen) atoms. The van der Waals surface area contributed by atoms with Gasteiger partial charge in [-0.15, -0.1) is 0 Å². The van der Waals surface area contributed by atoms with E-state index < -0.39 is 0 Å². The number of furan rings is 1. The minimum absolute atomic E-state index is 0.0809. The van der Waals surface area contributed by atoms with E-state index in [1.54, 1.807) is 0 Å². The first-order valence-corrected chi connectivity index (χ1v) is 7.72. The minimum atomic E-state index is -0.0809. The molecule has 2 aromatic rings. The Morgan fingerprint density at radius 3 is 2.81 bits per heavy atom. The van der Waals surface area contributed by atoms with Crippen LogP contribution in [-0.2, 0) is 0 Å². The molecule has 0 saturated carbocycles. The topological polar surface area (TPSA) is 45.5 Å². The number of nitrogens with one attached hydrogen (secondary N) is 1. The van der Waals surface area contributed by atoms with E-state index in [2.05, 4.69) is 10.2 Å². The summed E-state index contributed by atoms with van der Waals surface area (Å²) in [6, 6.07) is 8.09. The van der Waals surface area contributed by atoms with Gasteiger partial charge in [0.15, 0.2) is 5.76 Å². The zero-order valence-electron chi connectivity index (χ0n) is 12.3. The summed E-state index contributed by atoms with van der Waals surface area (Å²) in [5.74, 6) is 0.972. The van der Waals surface area contributed by atoms with Gasteiger partial charge in [0, 0.05) is 18.0 Å². The largest absolute Gasteiger partial charge is 0.451 e. The summed E-state index contributed by atoms with van der Waals surface area (Å²) in [5, 5.41) is 4.16. The van der Waals surface area contributed by atoms with Crippen LogP contribution in [0.4, 0.5) is 0 Å². The van der Waals surface area contributed by atoms with Crippen LogP contribution >= 0.6 is 0 Å². The van der Waals surface area contributed by atoms with Gasteiger partial charge in [-0.05, 0) is 57.0 Å². The second kappa shape index (κ2) is 4.88. The van der Waals surface area contributed by atoms with Crippen molar-refractivity contribution in [2.24, 2.45) is 5.92 Å². The molecule has 1 N–H and O–H groups in total. The van der Waals surface area contributed by atoms with Crippen molar-refractivity contribution >= 4 is 16.9 Å². The van der Waals surface area contributed by atoms with E-state index in [0.717, 1.165) is 17.5 Å². The number of benzene rings is 1. The smallest absolute Gasteiger partial charge is 0.287 e. The molecule has 3 aliphatic heterocycles. The molecule has 1 atom stereocenters. The lowest BCUT2D eigenvalue weighted by Gasteiger charge is -2.44. The third kappa shape index (κ3) is 2.33. The predicted molar refractivity (Wildman–Crippen MR) is 81.4 cm³/mol. The Labute approximate surface area is 124 Å². The van der Waals surface area contributed by atoms with Crippen LogP contribution < -0.4 is 5.32 Å². The predicted octanol–water partition coefficient (Wildman–Crippen LogP) is 2.57. The van der Waals surface area contributed by atoms with Gasteiger partial charge >= 0.3 is 0 Å². The molecule has 0 spiro atoms. The standard InChI is InChI=1S/C17H20N2O2/c1-11-2-3-15-13(8-11)9-16(21-15)17(20)18-14-10-19-6-4-12(14)5-7-19/h2-3,8-9,12,14H,4-7,10H2,1H3,(H,18,20)/t14-/m0/s1. The Kier molecular flexibility index (Phi) is 3.00. The molecule has 0 unspecified atom stereocenters. The van der Waals surface area contributed by atoms with Crippen molar-refractivity contribution in [3.63, 3.8) is 0 Å². The van der Waals surface area contributed by atoms with Gasteiger partial charge in [0.25, 0.3) is 5.91 Å². The summed E-state index contributed by atoms with van der Waals surface area (Å²) in [6.45, 7) is 5.39. The highest BCUT2D eigenvalue weighted by Crippen LogP contribution is 2.28. The van der Waals surface area contributed by atoms with E-state index in [1.807, 2.05) is 31.2 Å². The van der Waals surface area contributed by atoms with E-state index in [-0.39, 0.29) is 11.9 Å². The summed E-state index contributed by atoms with van der Waals surface area (Å²) in [4.78, 5) is 14.9. The van der Waals surface area contributed by atoms with Gasteiger partial charge in [0.05, 0.1) is 0 Å². The van der Waals surface area contributed by atoms with Crippen molar-refractivity contribution in [2.45, 2.75) is 25.8 Å². The molecule has 1 aromatic carbocycles. The quantitative estimate of drug-likeness (QED) is 0.922. The van der Waals surface area contributed by atoms with Crippen LogP contribution in [0.15, 0.2) is 28.7 Å². The highest BCUT2D eigenvalue weighted by atomic mass is 16.3. The van der Waals surface area contributed by atoms with Crippen LogP contribution in [0.1, 0.15) is 29.0 Å². The summed E-state index contributed by atoms with van der Waals surface area (Å²) in [7, 11) is 0. The van der Waals surface area contributed by atoms with E-state index in [4.69, 9.17) is 4.42 Å². The molecule has 2 bridgehead atoms. The molecule has 5 rings (SSSR count). The number of amides is 1. The zero-order chi connectivity index (χ0) is 14.4. The lowest BCUT2D eigenvalue weighted by molar-refractivity contribution is 0.0607. The van der Waals surface area contributed by atoms with Crippen molar-refractivity contribution in [1.82, 2.24) is 10.2 Å². The van der Waals surface area contributed by atoms with Gasteiger partial charge in [-0.3, -0.25) is 4.79 Å². The van der Waals surface area contributed by atoms with E-state index in [1.165, 1.54) is 31.5 Å². The van der Waals surface area contributed by atoms with Gasteiger partial charge in [0.1, 0.15) is 5.58 Å². The average Bonchev–Trinajstić information content (AvgIpc) is 2.91. The maximum atomic E-state index is 12.4. The number of hydrogen-bond donors (Lipinski definition) is 1. The lowest BCUT2D eigenvalue weighted by atomic mass is 9.84. The SMILES string of the molecule is Cc1ccc2oc(C(=O)N[C@H]3CN4CCC3CC4)cc2c1. The molecule has 1 aromatic heterocycles. The number of carbonyl (C=O) groups excluding carboxylic acids is 1. The Hall–Kier alpha value is -1.81. The van der Waals surface area contributed by atoms with Crippen LogP contribution in [-0.4, -0.2) is 36.5 Å². The van der Waals surface area contributed by atoms with Crippen molar-refractivity contribution < 1.29 is 9.21 Å². The molecule has 4 heteroatoms. The molecule has 4 nitrogen and oxygen atoms in total. The average molecular weight is 284 g/mol. The molecule has 110 valence electrons. The number of piperidine rings is 3. The van der Waals surface area contributed by atoms with E-state index >= 15 is 0 Å². The first kappa shape index (κ1) is 12.9. The van der Waals surface area contributed by atoms with Crippen LogP contribution in [0, 0.1) is 12.8 Å². The van der Waals surface area contributed by atoms with Crippen LogP contribution in [0.2, 0.25) is 0 Å². The lowest BCUT2D eigenvalue weighted by Crippen LogP contribution is -2.57. The second-order valence-corrected chi connectivity index (χ2v) is 6.37. The number of aryl methyl sites for hydroxylation is 1. The minimum Gasteiger partial charge on any atom is -0.451 e. The number of nitrogens with zero attached hydrogens (tertiary/aromatic N) is 1. The number of rotatable bonds is 2. The zero-order valence-corrected chi connectivity index (χ0v) is 12.3. The van der Waals surface area contributed by atoms with Crippen molar-refractivity contribution in [2.75, 3.05) is 19.6 Å². The molecule has 0 radical (unpaired) electrons. The Morgan fingerprint density at radius 2 is 2.10 bits per heavy atom. The molecule has 3 aliphatic rings. The Bertz CT molecular complexity index is 683. The molecule has 1 amide bonds. The highest BCUT2D eigenvalue weighted by molar-refractivity contribution is 5.96. The maximum absolute atomic E-state index is 12.4. The first-order valence-electron chi connectivity index (χ1n) is 7.72. The Balaban J connectivity index is 1.53. The normalized spacial score (nSPS) is 28.0. The van der Waals surface area contributed by atoms with Gasteiger partial charge < -0.3 is 14.6 Å². The van der Waals surface area contributed by atoms with Crippen molar-refractivity contribution in [3.8, 4) is 0 Å². The molecular weight excluding hydrogens is 264 g/mol. The molecule has 3 saturated heterocycles. The van der Waals surface area contributed by atoms with Gasteiger partial charge in [-0.2, -0.15) is 0 Å². The van der Waals surface area contributed by atoms with Crippen molar-refractivity contribution in [3.05, 3.63) is 35.6 Å². The first-order chi connectivity index (χ1) is 10.2. The highest BCUT2D eigenvalue weighted by Gasteiger charge is 2.35. The fourth-order valence-corrected chi connectivity index (χ4v) is 3.64. The van der Waals surface area contributed by atoms with E-state index in [0.29, 0.717) is 11.7 Å². The third-order valence-corrected chi connectivity index (χ3v) is 4.87. The maximum Gasteiger partial charge on any atom is 0.287 e. The van der Waals surface area contributed by atoms with E-state index in [9.17, 15) is 4.79 Å². The summed E-state index contributed by atoms with van der Waals surface area (Å²) in [5.41, 5.74) is 1.95. The van der Waals surface area contributed by atoms with Gasteiger partial charge in [-0.25, -0.2) is 0 Å². The summed E-state index contributed by atoms with van der Waals surface area (Å²) >= 11 is 0. The van der Waals surface area contributed by atoms with Crippen molar-refractivity contribution in [1.29, 1.82) is 0 Å². The fourth-order valence-electron chi connectivity index (χ4n) is 3.64. The van der Waals surface area contributed by atoms with Gasteiger partial charge in [0.2, 0.25) is 0 Å². The van der Waals surface area contributed by atoms with Crippen LogP contribution in [0.3, 0.4) is 0 Å².